The van der Waals surface area contributed by atoms with Gasteiger partial charge in [0.1, 0.15) is 35.6 Å². The van der Waals surface area contributed by atoms with Crippen LogP contribution in [0.1, 0.15) is 145 Å². The van der Waals surface area contributed by atoms with E-state index in [4.69, 9.17) is 43.4 Å². The van der Waals surface area contributed by atoms with E-state index in [-0.39, 0.29) is 86.9 Å². The van der Waals surface area contributed by atoms with E-state index in [1.54, 1.807) is 64.5 Å². The number of morpholine rings is 3. The van der Waals surface area contributed by atoms with Crippen molar-refractivity contribution in [3.05, 3.63) is 186 Å². The number of hydrogen-bond donors (Lipinski definition) is 6. The van der Waals surface area contributed by atoms with Crippen molar-refractivity contribution in [2.45, 2.75) is 149 Å². The predicted octanol–water partition coefficient (Wildman–Crippen LogP) is 13.5. The second-order valence-corrected chi connectivity index (χ2v) is 34.4. The maximum absolute atomic E-state index is 14.0. The van der Waals surface area contributed by atoms with Crippen LogP contribution in [0.25, 0.3) is 0 Å². The maximum Gasteiger partial charge on any atom is 0.338 e. The molecule has 3 aromatic carbocycles. The molecule has 3 saturated heterocycles. The van der Waals surface area contributed by atoms with Gasteiger partial charge in [-0.05, 0) is 111 Å². The molecule has 9 heterocycles. The number of hydrogen-bond acceptors (Lipinski definition) is 27. The van der Waals surface area contributed by atoms with Gasteiger partial charge in [0.25, 0.3) is 0 Å². The standard InChI is InChI=1S/C28H34BrFN4O5S.C27H32BrFN4O5S.C26H30BrFN4O5S/c1-5-38-28(37)22-20(14-34-9-10-39-25(15(2)3)24(34)16(4)12-21(35)36)32-26(27-31-8-11-40-27)33-23(22)18-7-6-17(30)13-19(18)29;1-4-37-27(36)22-19(14-33-10-11-38-24(15(2)3)20(33)7-8-21(34)35)31-25(26-30-9-12-39-26)32-23(22)17-6-5-16(29)13-18(17)28;1-4-36-26(35)21-19(13-32-8-9-37-15(3)20(32)11-14(2)25(33)34)30-23(24-29-7-10-38-24)31-22(21)17-6-5-16(28)12-18(17)27/h6-8,11,13,15-16,23-25H,5,9-10,12,14H2,1-4H3,(H,32,33)(H,35,36);5-6,9,12-13,15,20,23-24H,4,7-8,10-11,14H2,1-3H3,(H,31,32)(H,34,35);5-7,10,12,14-15,20,22H,4,8-9,11,13H2,1-3H3,(H,30,31)(H,33,34)/t16?,23-,24+,25+;20-,23+,24-;14?,15-,20-,22+/m011/s1. The Morgan fingerprint density at radius 1 is 0.530 bits per heavy atom. The Kier molecular flexibility index (Phi) is 33.4. The Labute approximate surface area is 714 Å². The fourth-order valence-electron chi connectivity index (χ4n) is 15.1. The molecule has 6 aliphatic heterocycles. The summed E-state index contributed by atoms with van der Waals surface area (Å²) < 4.78 is 78.0. The molecule has 2 unspecified atom stereocenters. The fourth-order valence-corrected chi connectivity index (χ4v) is 18.6. The monoisotopic (exact) mass is 1870 g/mol. The van der Waals surface area contributed by atoms with Crippen LogP contribution in [-0.4, -0.2) is 214 Å². The number of benzene rings is 3. The number of nitrogens with zero attached hydrogens (tertiary/aromatic N) is 9. The number of carboxylic acid groups (broad SMARTS) is 3. The van der Waals surface area contributed by atoms with Gasteiger partial charge in [-0.25, -0.2) is 42.5 Å². The fraction of sp³-hybridized carbons (Fsp3) is 0.481. The number of amidine groups is 3. The summed E-state index contributed by atoms with van der Waals surface area (Å²) in [6.07, 6.45) is 5.25. The average molecular weight is 1870 g/mol. The third-order valence-electron chi connectivity index (χ3n) is 20.4. The first-order valence-electron chi connectivity index (χ1n) is 38.5. The quantitative estimate of drug-likeness (QED) is 0.0188. The Morgan fingerprint density at radius 3 is 1.24 bits per heavy atom. The number of rotatable bonds is 29. The number of esters is 3. The summed E-state index contributed by atoms with van der Waals surface area (Å²) in [6, 6.07) is 9.91. The van der Waals surface area contributed by atoms with Gasteiger partial charge < -0.3 is 59.7 Å². The second kappa shape index (κ2) is 42.8. The lowest BCUT2D eigenvalue weighted by atomic mass is 9.85. The molecule has 12 rings (SSSR count). The minimum atomic E-state index is -0.873. The highest BCUT2D eigenvalue weighted by Gasteiger charge is 2.45. The largest absolute Gasteiger partial charge is 0.481 e. The zero-order valence-corrected chi connectivity index (χ0v) is 73.4. The molecule has 11 atom stereocenters. The Balaban J connectivity index is 0.000000185. The van der Waals surface area contributed by atoms with Gasteiger partial charge in [-0.2, -0.15) is 0 Å². The van der Waals surface area contributed by atoms with Crippen molar-refractivity contribution in [3.8, 4) is 0 Å². The molecule has 3 aromatic heterocycles. The Hall–Kier alpha value is -8.01. The van der Waals surface area contributed by atoms with E-state index >= 15 is 0 Å². The van der Waals surface area contributed by atoms with Crippen molar-refractivity contribution in [2.75, 3.05) is 78.9 Å². The predicted molar refractivity (Wildman–Crippen MR) is 447 cm³/mol. The number of ether oxygens (including phenoxy) is 6. The van der Waals surface area contributed by atoms with Crippen LogP contribution >= 0.6 is 81.8 Å². The number of thiazole rings is 3. The third-order valence-corrected chi connectivity index (χ3v) is 24.8. The number of carbonyl (C=O) groups is 6. The second-order valence-electron chi connectivity index (χ2n) is 29.1. The molecular formula is C81H96Br3F3N12O15S3. The minimum Gasteiger partial charge on any atom is -0.481 e. The molecule has 6 N–H and O–H groups in total. The van der Waals surface area contributed by atoms with Crippen LogP contribution in [0.2, 0.25) is 0 Å². The topological polar surface area (TPSA) is 340 Å². The molecule has 630 valence electrons. The number of halogens is 6. The molecule has 3 fully saturated rings. The Bertz CT molecular complexity index is 4690. The zero-order valence-electron chi connectivity index (χ0n) is 66.2. The zero-order chi connectivity index (χ0) is 84.5. The third kappa shape index (κ3) is 23.3. The summed E-state index contributed by atoms with van der Waals surface area (Å²) in [5.41, 5.74) is 4.49. The van der Waals surface area contributed by atoms with Crippen LogP contribution in [0, 0.1) is 41.1 Å². The van der Waals surface area contributed by atoms with E-state index in [0.29, 0.717) is 168 Å². The van der Waals surface area contributed by atoms with Gasteiger partial charge in [-0.3, -0.25) is 44.1 Å². The van der Waals surface area contributed by atoms with Gasteiger partial charge in [0, 0.05) is 135 Å². The molecule has 0 radical (unpaired) electrons. The summed E-state index contributed by atoms with van der Waals surface area (Å²) in [5.74, 6) is -4.46. The molecule has 117 heavy (non-hydrogen) atoms. The van der Waals surface area contributed by atoms with E-state index in [0.717, 1.165) is 0 Å². The van der Waals surface area contributed by atoms with Crippen LogP contribution in [0.5, 0.6) is 0 Å². The lowest BCUT2D eigenvalue weighted by molar-refractivity contribution is -0.143. The summed E-state index contributed by atoms with van der Waals surface area (Å²) in [7, 11) is 0. The highest BCUT2D eigenvalue weighted by molar-refractivity contribution is 9.11. The van der Waals surface area contributed by atoms with Crippen molar-refractivity contribution in [1.82, 2.24) is 45.6 Å². The SMILES string of the molecule is CCOC(=O)C1=C(CN2CCO[C@H](C(C)C)[C@H]2C(C)CC(=O)O)NC(c2nccs2)=N[C@H]1c1ccc(F)cc1Br.CCOC(=O)C1=C(CN2CCO[C@H](C(C)C)[C@H]2CCC(=O)O)NC(c2nccs2)=N[C@H]1c1ccc(F)cc1Br.CCOC(=O)C1=C(CN2CCO[C@H](C)[C@H]2CC(C)C(=O)O)NC(c2nccs2)=N[C@H]1c1ccc(F)cc1Br. The summed E-state index contributed by atoms with van der Waals surface area (Å²) in [6.45, 7) is 23.5. The average Bonchev–Trinajstić information content (AvgIpc) is 1.52. The van der Waals surface area contributed by atoms with E-state index < -0.39 is 77.3 Å². The van der Waals surface area contributed by atoms with Crippen molar-refractivity contribution >= 4 is 135 Å². The van der Waals surface area contributed by atoms with Crippen molar-refractivity contribution in [1.29, 1.82) is 0 Å². The molecule has 0 spiro atoms. The summed E-state index contributed by atoms with van der Waals surface area (Å²) in [4.78, 5) is 109. The molecular weight excluding hydrogens is 1770 g/mol. The Morgan fingerprint density at radius 2 is 0.897 bits per heavy atom. The molecule has 0 amide bonds. The normalized spacial score (nSPS) is 22.5. The highest BCUT2D eigenvalue weighted by Crippen LogP contribution is 2.43. The smallest absolute Gasteiger partial charge is 0.338 e. The number of aromatic nitrogens is 3. The van der Waals surface area contributed by atoms with Gasteiger partial charge in [0.2, 0.25) is 0 Å². The first-order valence-corrected chi connectivity index (χ1v) is 43.5. The number of carboxylic acids is 3. The van der Waals surface area contributed by atoms with E-state index in [9.17, 15) is 57.3 Å². The van der Waals surface area contributed by atoms with Crippen molar-refractivity contribution in [2.24, 2.45) is 38.6 Å². The number of carbonyl (C=O) groups excluding carboxylic acids is 3. The van der Waals surface area contributed by atoms with Crippen LogP contribution in [0.15, 0.2) is 152 Å². The summed E-state index contributed by atoms with van der Waals surface area (Å²) in [5, 5.41) is 46.0. The molecule has 0 aliphatic carbocycles. The van der Waals surface area contributed by atoms with Gasteiger partial charge in [-0.1, -0.05) is 108 Å². The lowest BCUT2D eigenvalue weighted by Crippen LogP contribution is -2.57. The van der Waals surface area contributed by atoms with Crippen molar-refractivity contribution in [3.63, 3.8) is 0 Å². The highest BCUT2D eigenvalue weighted by atomic mass is 79.9. The van der Waals surface area contributed by atoms with Crippen molar-refractivity contribution < 1.29 is 85.7 Å². The number of nitrogens with one attached hydrogen (secondary N) is 3. The van der Waals surface area contributed by atoms with E-state index in [1.807, 2.05) is 30.0 Å². The molecule has 6 aliphatic rings. The number of aliphatic imine (C=N–C) groups is 3. The van der Waals surface area contributed by atoms with E-state index in [1.165, 1.54) is 70.4 Å². The lowest BCUT2D eigenvalue weighted by Gasteiger charge is -2.46. The van der Waals surface area contributed by atoms with E-state index in [2.05, 4.69) is 121 Å². The minimum absolute atomic E-state index is 0.00192. The van der Waals surface area contributed by atoms with Crippen LogP contribution in [0.3, 0.4) is 0 Å². The van der Waals surface area contributed by atoms with Gasteiger partial charge in [-0.15, -0.1) is 34.0 Å². The first kappa shape index (κ1) is 91.3. The molecule has 0 saturated carbocycles. The summed E-state index contributed by atoms with van der Waals surface area (Å²) >= 11 is 14.6. The molecule has 36 heteroatoms. The van der Waals surface area contributed by atoms with Gasteiger partial charge >= 0.3 is 35.8 Å². The van der Waals surface area contributed by atoms with Gasteiger partial charge in [0.15, 0.2) is 32.5 Å². The molecule has 6 aromatic rings. The van der Waals surface area contributed by atoms with Gasteiger partial charge in [0.05, 0.1) is 80.6 Å². The first-order chi connectivity index (χ1) is 56.0. The van der Waals surface area contributed by atoms with Crippen LogP contribution in [-0.2, 0) is 57.2 Å². The maximum atomic E-state index is 14.0. The van der Waals surface area contributed by atoms with Crippen LogP contribution < -0.4 is 16.0 Å². The molecule has 27 nitrogen and oxygen atoms in total. The number of aliphatic carboxylic acids is 3. The van der Waals surface area contributed by atoms with Crippen LogP contribution in [0.4, 0.5) is 13.2 Å². The molecule has 0 bridgehead atoms.